The summed E-state index contributed by atoms with van der Waals surface area (Å²) in [6, 6.07) is 17.8. The Morgan fingerprint density at radius 1 is 0.931 bits per heavy atom. The maximum atomic E-state index is 14.4. The van der Waals surface area contributed by atoms with Crippen molar-refractivity contribution < 1.29 is 17.2 Å². The summed E-state index contributed by atoms with van der Waals surface area (Å²) in [7, 11) is -4.03. The van der Waals surface area contributed by atoms with E-state index < -0.39 is 33.6 Å². The summed E-state index contributed by atoms with van der Waals surface area (Å²) in [6.45, 7) is 1.83. The number of nitrogens with one attached hydrogen (secondary N) is 1. The third-order valence-corrected chi connectivity index (χ3v) is 6.01. The fourth-order valence-electron chi connectivity index (χ4n) is 3.00. The summed E-state index contributed by atoms with van der Waals surface area (Å²) in [5, 5.41) is 9.77. The molecule has 7 heteroatoms. The van der Waals surface area contributed by atoms with E-state index in [1.807, 2.05) is 13.0 Å². The summed E-state index contributed by atoms with van der Waals surface area (Å²) in [5.74, 6) is -2.30. The van der Waals surface area contributed by atoms with Gasteiger partial charge in [-0.1, -0.05) is 48.0 Å². The van der Waals surface area contributed by atoms with Gasteiger partial charge in [-0.15, -0.1) is 0 Å². The first-order valence-electron chi connectivity index (χ1n) is 8.80. The van der Waals surface area contributed by atoms with Crippen molar-refractivity contribution in [1.82, 2.24) is 4.72 Å². The number of hydrogen-bond acceptors (Lipinski definition) is 3. The summed E-state index contributed by atoms with van der Waals surface area (Å²) in [6.07, 6.45) is 0. The van der Waals surface area contributed by atoms with Crippen LogP contribution in [0.25, 0.3) is 0 Å². The van der Waals surface area contributed by atoms with Crippen molar-refractivity contribution >= 4 is 10.0 Å². The van der Waals surface area contributed by atoms with Crippen LogP contribution in [-0.4, -0.2) is 8.42 Å². The summed E-state index contributed by atoms with van der Waals surface area (Å²) >= 11 is 0. The third kappa shape index (κ3) is 4.67. The summed E-state index contributed by atoms with van der Waals surface area (Å²) in [5.41, 5.74) is 1.29. The molecule has 0 aliphatic heterocycles. The molecule has 0 heterocycles. The second kappa shape index (κ2) is 8.52. The second-order valence-electron chi connectivity index (χ2n) is 6.59. The Kier molecular flexibility index (Phi) is 6.06. The molecule has 0 aromatic heterocycles. The Hall–Kier alpha value is -3.08. The zero-order valence-electron chi connectivity index (χ0n) is 15.5. The van der Waals surface area contributed by atoms with Gasteiger partial charge in [-0.3, -0.25) is 0 Å². The highest BCUT2D eigenvalue weighted by atomic mass is 32.2. The largest absolute Gasteiger partial charge is 0.241 e. The molecule has 0 saturated heterocycles. The molecule has 0 aliphatic rings. The van der Waals surface area contributed by atoms with E-state index in [1.54, 1.807) is 18.2 Å². The lowest BCUT2D eigenvalue weighted by Crippen LogP contribution is -2.32. The number of nitrogens with zero attached hydrogens (tertiary/aromatic N) is 1. The van der Waals surface area contributed by atoms with Gasteiger partial charge >= 0.3 is 0 Å². The number of halogens is 2. The van der Waals surface area contributed by atoms with Gasteiger partial charge in [-0.05, 0) is 42.8 Å². The molecule has 3 aromatic carbocycles. The van der Waals surface area contributed by atoms with Crippen molar-refractivity contribution in [2.75, 3.05) is 0 Å². The predicted molar refractivity (Wildman–Crippen MR) is 105 cm³/mol. The minimum Gasteiger partial charge on any atom is -0.207 e. The van der Waals surface area contributed by atoms with E-state index in [4.69, 9.17) is 0 Å². The van der Waals surface area contributed by atoms with Crippen molar-refractivity contribution in [3.63, 3.8) is 0 Å². The lowest BCUT2D eigenvalue weighted by molar-refractivity contribution is 0.521. The molecule has 0 aliphatic carbocycles. The van der Waals surface area contributed by atoms with E-state index in [1.165, 1.54) is 42.5 Å². The molecule has 0 fully saturated rings. The number of nitriles is 1. The van der Waals surface area contributed by atoms with Gasteiger partial charge in [0.25, 0.3) is 0 Å². The monoisotopic (exact) mass is 412 g/mol. The van der Waals surface area contributed by atoms with Crippen molar-refractivity contribution in [2.45, 2.75) is 23.8 Å². The maximum absolute atomic E-state index is 14.4. The van der Waals surface area contributed by atoms with Crippen LogP contribution < -0.4 is 4.72 Å². The average Bonchev–Trinajstić information content (AvgIpc) is 2.70. The van der Waals surface area contributed by atoms with Crippen LogP contribution in [0, 0.1) is 29.9 Å². The molecule has 0 spiro atoms. The smallest absolute Gasteiger partial charge is 0.207 e. The van der Waals surface area contributed by atoms with Crippen molar-refractivity contribution in [2.24, 2.45) is 0 Å². The summed E-state index contributed by atoms with van der Waals surface area (Å²) < 4.78 is 56.2. The molecule has 29 heavy (non-hydrogen) atoms. The van der Waals surface area contributed by atoms with E-state index >= 15 is 0 Å². The van der Waals surface area contributed by atoms with Crippen LogP contribution in [0.3, 0.4) is 0 Å². The highest BCUT2D eigenvalue weighted by Crippen LogP contribution is 2.33. The lowest BCUT2D eigenvalue weighted by atomic mass is 9.88. The SMILES string of the molecule is Cc1ccc(S(=O)(=O)NC(c2ccc(F)cc2)C(C#N)c2ccccc2F)cc1. The second-order valence-corrected chi connectivity index (χ2v) is 8.31. The number of sulfonamides is 1. The molecule has 0 amide bonds. The standard InChI is InChI=1S/C22H18F2N2O2S/c1-15-6-12-18(13-7-15)29(27,28)26-22(16-8-10-17(23)11-9-16)20(14-25)19-4-2-3-5-21(19)24/h2-13,20,22,26H,1H3. The van der Waals surface area contributed by atoms with Gasteiger partial charge in [0.2, 0.25) is 10.0 Å². The number of hydrogen-bond donors (Lipinski definition) is 1. The van der Waals surface area contributed by atoms with E-state index in [-0.39, 0.29) is 10.5 Å². The Labute approximate surface area is 168 Å². The van der Waals surface area contributed by atoms with Crippen molar-refractivity contribution in [3.05, 3.63) is 101 Å². The molecule has 148 valence electrons. The Morgan fingerprint density at radius 3 is 2.14 bits per heavy atom. The minimum absolute atomic E-state index is 0.0143. The molecule has 0 radical (unpaired) electrons. The number of aryl methyl sites for hydroxylation is 1. The molecule has 3 rings (SSSR count). The fourth-order valence-corrected chi connectivity index (χ4v) is 4.24. The average molecular weight is 412 g/mol. The van der Waals surface area contributed by atoms with Gasteiger partial charge in [0.15, 0.2) is 0 Å². The van der Waals surface area contributed by atoms with Gasteiger partial charge < -0.3 is 0 Å². The first kappa shape index (κ1) is 20.6. The lowest BCUT2D eigenvalue weighted by Gasteiger charge is -2.24. The molecular weight excluding hydrogens is 394 g/mol. The minimum atomic E-state index is -4.03. The van der Waals surface area contributed by atoms with Gasteiger partial charge in [-0.25, -0.2) is 21.9 Å². The zero-order valence-corrected chi connectivity index (χ0v) is 16.3. The zero-order chi connectivity index (χ0) is 21.0. The van der Waals surface area contributed by atoms with Crippen LogP contribution in [0.2, 0.25) is 0 Å². The molecule has 1 N–H and O–H groups in total. The maximum Gasteiger partial charge on any atom is 0.241 e. The molecule has 3 aromatic rings. The van der Waals surface area contributed by atoms with Gasteiger partial charge in [-0.2, -0.15) is 5.26 Å². The fraction of sp³-hybridized carbons (Fsp3) is 0.136. The predicted octanol–water partition coefficient (Wildman–Crippen LogP) is 4.60. The van der Waals surface area contributed by atoms with E-state index in [0.717, 1.165) is 17.7 Å². The Balaban J connectivity index is 2.08. The molecular formula is C22H18F2N2O2S. The summed E-state index contributed by atoms with van der Waals surface area (Å²) in [4.78, 5) is 0.0143. The Morgan fingerprint density at radius 2 is 1.55 bits per heavy atom. The quantitative estimate of drug-likeness (QED) is 0.643. The molecule has 4 nitrogen and oxygen atoms in total. The highest BCUT2D eigenvalue weighted by molar-refractivity contribution is 7.89. The molecule has 2 atom stereocenters. The van der Waals surface area contributed by atoms with Gasteiger partial charge in [0, 0.05) is 5.56 Å². The van der Waals surface area contributed by atoms with Gasteiger partial charge in [0.1, 0.15) is 11.6 Å². The van der Waals surface area contributed by atoms with Crippen molar-refractivity contribution in [3.8, 4) is 6.07 Å². The van der Waals surface area contributed by atoms with Crippen LogP contribution in [0.5, 0.6) is 0 Å². The van der Waals surface area contributed by atoms with Crippen LogP contribution >= 0.6 is 0 Å². The van der Waals surface area contributed by atoms with Crippen LogP contribution in [0.4, 0.5) is 8.78 Å². The Bertz CT molecular complexity index is 1140. The van der Waals surface area contributed by atoms with E-state index in [9.17, 15) is 22.5 Å². The highest BCUT2D eigenvalue weighted by Gasteiger charge is 2.31. The van der Waals surface area contributed by atoms with Crippen LogP contribution in [0.1, 0.15) is 28.7 Å². The van der Waals surface area contributed by atoms with E-state index in [0.29, 0.717) is 5.56 Å². The topological polar surface area (TPSA) is 70.0 Å². The number of rotatable bonds is 6. The first-order valence-corrected chi connectivity index (χ1v) is 10.3. The van der Waals surface area contributed by atoms with E-state index in [2.05, 4.69) is 4.72 Å². The normalized spacial score (nSPS) is 13.4. The van der Waals surface area contributed by atoms with Crippen molar-refractivity contribution in [1.29, 1.82) is 5.26 Å². The van der Waals surface area contributed by atoms with Crippen LogP contribution in [0.15, 0.2) is 77.7 Å². The first-order chi connectivity index (χ1) is 13.8. The molecule has 0 bridgehead atoms. The third-order valence-electron chi connectivity index (χ3n) is 4.56. The molecule has 2 unspecified atom stereocenters. The van der Waals surface area contributed by atoms with Gasteiger partial charge in [0.05, 0.1) is 22.9 Å². The number of benzene rings is 3. The molecule has 0 saturated carbocycles. The van der Waals surface area contributed by atoms with Crippen LogP contribution in [-0.2, 0) is 10.0 Å².